The number of hydrazine groups is 1. The highest BCUT2D eigenvalue weighted by Crippen LogP contribution is 2.29. The van der Waals surface area contributed by atoms with Crippen molar-refractivity contribution in [2.75, 3.05) is 26.8 Å². The monoisotopic (exact) mass is 431 g/mol. The van der Waals surface area contributed by atoms with E-state index in [4.69, 9.17) is 4.74 Å². The van der Waals surface area contributed by atoms with Crippen LogP contribution in [0.25, 0.3) is 0 Å². The van der Waals surface area contributed by atoms with Crippen LogP contribution in [0.3, 0.4) is 0 Å². The van der Waals surface area contributed by atoms with Crippen molar-refractivity contribution < 1.29 is 14.3 Å². The molecule has 2 rings (SSSR count). The number of hydrogen-bond acceptors (Lipinski definition) is 4. The molecule has 1 fully saturated rings. The Balaban J connectivity index is 2.15. The first-order valence-electron chi connectivity index (χ1n) is 11.8. The van der Waals surface area contributed by atoms with E-state index in [0.29, 0.717) is 32.0 Å². The van der Waals surface area contributed by atoms with Gasteiger partial charge in [0.05, 0.1) is 13.0 Å². The summed E-state index contributed by atoms with van der Waals surface area (Å²) in [5.41, 5.74) is 5.26. The van der Waals surface area contributed by atoms with Crippen LogP contribution in [0.5, 0.6) is 0 Å². The zero-order valence-electron chi connectivity index (χ0n) is 19.8. The zero-order chi connectivity index (χ0) is 22.6. The van der Waals surface area contributed by atoms with E-state index in [1.165, 1.54) is 12.0 Å². The zero-order valence-corrected chi connectivity index (χ0v) is 19.8. The van der Waals surface area contributed by atoms with E-state index in [2.05, 4.69) is 24.6 Å². The second-order valence-corrected chi connectivity index (χ2v) is 9.20. The van der Waals surface area contributed by atoms with E-state index in [-0.39, 0.29) is 23.8 Å². The summed E-state index contributed by atoms with van der Waals surface area (Å²) in [6, 6.07) is 7.67. The molecular formula is C25H41N3O3. The predicted octanol–water partition coefficient (Wildman–Crippen LogP) is 3.63. The van der Waals surface area contributed by atoms with Crippen molar-refractivity contribution >= 4 is 11.8 Å². The van der Waals surface area contributed by atoms with Crippen molar-refractivity contribution in [3.63, 3.8) is 0 Å². The number of amides is 2. The highest BCUT2D eigenvalue weighted by Gasteiger charge is 2.35. The van der Waals surface area contributed by atoms with Gasteiger partial charge in [-0.05, 0) is 43.6 Å². The molecule has 2 amide bonds. The SMILES string of the molecule is COCCNC(=O)C(C1CCCCC1)N(CCC(C)C)NC(=O)Cc1ccc(C)cc1. The molecule has 0 bridgehead atoms. The van der Waals surface area contributed by atoms with Crippen molar-refractivity contribution in [3.05, 3.63) is 35.4 Å². The van der Waals surface area contributed by atoms with E-state index in [1.54, 1.807) is 7.11 Å². The van der Waals surface area contributed by atoms with Gasteiger partial charge in [-0.3, -0.25) is 15.0 Å². The molecule has 1 unspecified atom stereocenters. The first-order chi connectivity index (χ1) is 14.9. The van der Waals surface area contributed by atoms with Crippen LogP contribution in [0.1, 0.15) is 63.5 Å². The first kappa shape index (κ1) is 25.3. The minimum absolute atomic E-state index is 0.0108. The molecule has 2 N–H and O–H groups in total. The summed E-state index contributed by atoms with van der Waals surface area (Å²) in [6.07, 6.45) is 6.77. The number of methoxy groups -OCH3 is 1. The third kappa shape index (κ3) is 8.99. The van der Waals surface area contributed by atoms with Crippen LogP contribution >= 0.6 is 0 Å². The Morgan fingerprint density at radius 1 is 1.13 bits per heavy atom. The summed E-state index contributed by atoms with van der Waals surface area (Å²) in [5.74, 6) is 0.657. The average Bonchev–Trinajstić information content (AvgIpc) is 2.74. The third-order valence-electron chi connectivity index (χ3n) is 6.01. The number of nitrogens with zero attached hydrogens (tertiary/aromatic N) is 1. The van der Waals surface area contributed by atoms with Crippen molar-refractivity contribution in [2.24, 2.45) is 11.8 Å². The Kier molecular flexibility index (Phi) is 11.0. The molecule has 0 aliphatic heterocycles. The van der Waals surface area contributed by atoms with Crippen LogP contribution in [-0.4, -0.2) is 49.7 Å². The molecule has 1 atom stereocenters. The lowest BCUT2D eigenvalue weighted by molar-refractivity contribution is -0.136. The number of carbonyl (C=O) groups is 2. The van der Waals surface area contributed by atoms with Gasteiger partial charge >= 0.3 is 0 Å². The van der Waals surface area contributed by atoms with Gasteiger partial charge in [0.2, 0.25) is 11.8 Å². The number of rotatable bonds is 12. The molecule has 0 radical (unpaired) electrons. The molecule has 6 heteroatoms. The van der Waals surface area contributed by atoms with Gasteiger partial charge in [0.25, 0.3) is 0 Å². The number of nitrogens with one attached hydrogen (secondary N) is 2. The van der Waals surface area contributed by atoms with Gasteiger partial charge in [0.1, 0.15) is 6.04 Å². The van der Waals surface area contributed by atoms with Crippen LogP contribution in [0.2, 0.25) is 0 Å². The molecule has 0 heterocycles. The standard InChI is InChI=1S/C25H41N3O3/c1-19(2)14-16-28(27-23(29)18-21-12-10-20(3)11-13-21)24(22-8-6-5-7-9-22)25(30)26-15-17-31-4/h10-13,19,22,24H,5-9,14-18H2,1-4H3,(H,26,30)(H,27,29). The molecule has 1 saturated carbocycles. The van der Waals surface area contributed by atoms with Crippen LogP contribution in [-0.2, 0) is 20.7 Å². The molecule has 1 aromatic rings. The molecule has 0 saturated heterocycles. The van der Waals surface area contributed by atoms with E-state index in [0.717, 1.165) is 37.7 Å². The Hall–Kier alpha value is -1.92. The van der Waals surface area contributed by atoms with Gasteiger partial charge < -0.3 is 10.1 Å². The summed E-state index contributed by atoms with van der Waals surface area (Å²) in [5, 5.41) is 4.95. The van der Waals surface area contributed by atoms with Crippen LogP contribution in [0.15, 0.2) is 24.3 Å². The van der Waals surface area contributed by atoms with Crippen molar-refractivity contribution in [3.8, 4) is 0 Å². The highest BCUT2D eigenvalue weighted by molar-refractivity contribution is 5.83. The van der Waals surface area contributed by atoms with Gasteiger partial charge in [0, 0.05) is 20.2 Å². The fourth-order valence-electron chi connectivity index (χ4n) is 4.19. The largest absolute Gasteiger partial charge is 0.383 e. The maximum absolute atomic E-state index is 13.2. The number of carbonyl (C=O) groups excluding carboxylic acids is 2. The summed E-state index contributed by atoms with van der Waals surface area (Å²) in [7, 11) is 1.63. The normalized spacial score (nSPS) is 15.8. The molecule has 1 aliphatic rings. The summed E-state index contributed by atoms with van der Waals surface area (Å²) >= 11 is 0. The van der Waals surface area contributed by atoms with E-state index in [9.17, 15) is 9.59 Å². The lowest BCUT2D eigenvalue weighted by Crippen LogP contribution is -2.58. The van der Waals surface area contributed by atoms with Crippen molar-refractivity contribution in [1.29, 1.82) is 0 Å². The highest BCUT2D eigenvalue weighted by atomic mass is 16.5. The van der Waals surface area contributed by atoms with E-state index >= 15 is 0 Å². The molecule has 0 aromatic heterocycles. The molecule has 0 spiro atoms. The second kappa shape index (κ2) is 13.5. The third-order valence-corrected chi connectivity index (χ3v) is 6.01. The van der Waals surface area contributed by atoms with Crippen LogP contribution in [0, 0.1) is 18.8 Å². The lowest BCUT2D eigenvalue weighted by Gasteiger charge is -2.38. The molecule has 1 aromatic carbocycles. The molecule has 1 aliphatic carbocycles. The Morgan fingerprint density at radius 3 is 2.42 bits per heavy atom. The number of aryl methyl sites for hydroxylation is 1. The smallest absolute Gasteiger partial charge is 0.239 e. The van der Waals surface area contributed by atoms with Gasteiger partial charge in [0.15, 0.2) is 0 Å². The predicted molar refractivity (Wildman–Crippen MR) is 124 cm³/mol. The summed E-state index contributed by atoms with van der Waals surface area (Å²) < 4.78 is 5.10. The topological polar surface area (TPSA) is 70.7 Å². The Bertz CT molecular complexity index is 669. The molecule has 31 heavy (non-hydrogen) atoms. The molecule has 174 valence electrons. The Labute approximate surface area is 188 Å². The first-order valence-corrected chi connectivity index (χ1v) is 11.8. The summed E-state index contributed by atoms with van der Waals surface area (Å²) in [6.45, 7) is 7.99. The minimum atomic E-state index is -0.349. The van der Waals surface area contributed by atoms with E-state index < -0.39 is 0 Å². The van der Waals surface area contributed by atoms with Crippen LogP contribution in [0.4, 0.5) is 0 Å². The number of hydrogen-bond donors (Lipinski definition) is 2. The molecular weight excluding hydrogens is 390 g/mol. The van der Waals surface area contributed by atoms with Gasteiger partial charge in [-0.2, -0.15) is 0 Å². The van der Waals surface area contributed by atoms with Gasteiger partial charge in [-0.25, -0.2) is 5.01 Å². The van der Waals surface area contributed by atoms with E-state index in [1.807, 2.05) is 36.2 Å². The minimum Gasteiger partial charge on any atom is -0.383 e. The fraction of sp³-hybridized carbons (Fsp3) is 0.680. The van der Waals surface area contributed by atoms with Gasteiger partial charge in [-0.15, -0.1) is 0 Å². The van der Waals surface area contributed by atoms with Gasteiger partial charge in [-0.1, -0.05) is 62.9 Å². The second-order valence-electron chi connectivity index (χ2n) is 9.20. The molecule has 6 nitrogen and oxygen atoms in total. The number of ether oxygens (including phenoxy) is 1. The average molecular weight is 432 g/mol. The maximum atomic E-state index is 13.2. The van der Waals surface area contributed by atoms with Crippen molar-refractivity contribution in [2.45, 2.75) is 71.8 Å². The van der Waals surface area contributed by atoms with Crippen molar-refractivity contribution in [1.82, 2.24) is 15.8 Å². The lowest BCUT2D eigenvalue weighted by atomic mass is 9.83. The Morgan fingerprint density at radius 2 is 1.81 bits per heavy atom. The number of benzene rings is 1. The maximum Gasteiger partial charge on any atom is 0.239 e. The fourth-order valence-corrected chi connectivity index (χ4v) is 4.19. The summed E-state index contributed by atoms with van der Waals surface area (Å²) in [4.78, 5) is 26.1. The van der Waals surface area contributed by atoms with Crippen LogP contribution < -0.4 is 10.7 Å². The quantitative estimate of drug-likeness (QED) is 0.392.